The molecule has 4 rings (SSSR count). The minimum absolute atomic E-state index is 0.184. The van der Waals surface area contributed by atoms with Crippen LogP contribution in [-0.4, -0.2) is 87.4 Å². The van der Waals surface area contributed by atoms with Crippen LogP contribution in [0.25, 0.3) is 5.69 Å². The van der Waals surface area contributed by atoms with Crippen molar-refractivity contribution in [1.29, 1.82) is 0 Å². The number of likely N-dealkylation sites (N-methyl/N-ethyl adjacent to an activating group) is 1. The molecule has 0 atom stereocenters. The zero-order chi connectivity index (χ0) is 20.1. The summed E-state index contributed by atoms with van der Waals surface area (Å²) in [5, 5.41) is 9.76. The van der Waals surface area contributed by atoms with E-state index < -0.39 is 0 Å². The van der Waals surface area contributed by atoms with E-state index in [-0.39, 0.29) is 5.91 Å². The zero-order valence-electron chi connectivity index (χ0n) is 17.2. The van der Waals surface area contributed by atoms with Crippen LogP contribution in [0.1, 0.15) is 25.1 Å². The highest BCUT2D eigenvalue weighted by atomic mass is 32.2. The van der Waals surface area contributed by atoms with Crippen LogP contribution in [0.3, 0.4) is 0 Å². The van der Waals surface area contributed by atoms with Gasteiger partial charge in [0.25, 0.3) is 0 Å². The number of thioether (sulfide) groups is 1. The predicted octanol–water partition coefficient (Wildman–Crippen LogP) is 2.12. The van der Waals surface area contributed by atoms with Crippen molar-refractivity contribution in [3.05, 3.63) is 36.2 Å². The van der Waals surface area contributed by atoms with Crippen LogP contribution in [0.2, 0.25) is 0 Å². The van der Waals surface area contributed by atoms with Gasteiger partial charge in [-0.2, -0.15) is 0 Å². The molecule has 2 fully saturated rings. The fourth-order valence-corrected chi connectivity index (χ4v) is 4.80. The number of hydrogen-bond donors (Lipinski definition) is 0. The summed E-state index contributed by atoms with van der Waals surface area (Å²) in [6.07, 6.45) is 3.82. The van der Waals surface area contributed by atoms with Gasteiger partial charge in [-0.05, 0) is 45.1 Å². The van der Waals surface area contributed by atoms with E-state index in [1.807, 2.05) is 23.1 Å². The van der Waals surface area contributed by atoms with Gasteiger partial charge in [0.05, 0.1) is 12.3 Å². The molecular formula is C21H30N6OS. The average Bonchev–Trinajstić information content (AvgIpc) is 3.16. The number of likely N-dealkylation sites (tertiary alicyclic amines) is 1. The Balaban J connectivity index is 1.48. The lowest BCUT2D eigenvalue weighted by molar-refractivity contribution is -0.129. The number of nitrogens with zero attached hydrogens (tertiary/aromatic N) is 6. The third-order valence-corrected chi connectivity index (χ3v) is 6.62. The van der Waals surface area contributed by atoms with Gasteiger partial charge in [-0.1, -0.05) is 36.4 Å². The van der Waals surface area contributed by atoms with Crippen molar-refractivity contribution in [1.82, 2.24) is 29.5 Å². The molecule has 0 N–H and O–H groups in total. The third-order valence-electron chi connectivity index (χ3n) is 5.71. The number of carbonyl (C=O) groups is 1. The molecule has 0 spiro atoms. The van der Waals surface area contributed by atoms with Gasteiger partial charge in [-0.3, -0.25) is 14.3 Å². The quantitative estimate of drug-likeness (QED) is 0.675. The molecule has 2 aliphatic heterocycles. The number of piperidine rings is 1. The van der Waals surface area contributed by atoms with Gasteiger partial charge in [0.15, 0.2) is 11.0 Å². The van der Waals surface area contributed by atoms with Gasteiger partial charge in [-0.15, -0.1) is 10.2 Å². The van der Waals surface area contributed by atoms with Crippen LogP contribution in [0.5, 0.6) is 0 Å². The molecule has 7 nitrogen and oxygen atoms in total. The standard InChI is InChI=1S/C21H30N6OS/c1-24-12-14-26(15-13-24)20(28)17-29-21-23-22-19(16-25-10-6-3-7-11-25)27(21)18-8-4-2-5-9-18/h2,4-5,8-9H,3,6-7,10-17H2,1H3. The first kappa shape index (κ1) is 20.4. The highest BCUT2D eigenvalue weighted by molar-refractivity contribution is 7.99. The molecule has 8 heteroatoms. The molecule has 0 aliphatic carbocycles. The van der Waals surface area contributed by atoms with Crippen molar-refractivity contribution < 1.29 is 4.79 Å². The summed E-state index contributed by atoms with van der Waals surface area (Å²) in [6.45, 7) is 6.53. The molecule has 0 radical (unpaired) electrons. The second-order valence-electron chi connectivity index (χ2n) is 7.88. The number of hydrogen-bond acceptors (Lipinski definition) is 6. The molecule has 0 bridgehead atoms. The molecule has 3 heterocycles. The van der Waals surface area contributed by atoms with Crippen molar-refractivity contribution in [2.45, 2.75) is 31.0 Å². The molecule has 1 aromatic carbocycles. The maximum Gasteiger partial charge on any atom is 0.233 e. The topological polar surface area (TPSA) is 57.5 Å². The molecular weight excluding hydrogens is 384 g/mol. The summed E-state index contributed by atoms with van der Waals surface area (Å²) in [7, 11) is 2.10. The Hall–Kier alpha value is -1.90. The molecule has 156 valence electrons. The summed E-state index contributed by atoms with van der Waals surface area (Å²) in [4.78, 5) is 19.3. The first-order chi connectivity index (χ1) is 14.2. The lowest BCUT2D eigenvalue weighted by atomic mass is 10.1. The molecule has 29 heavy (non-hydrogen) atoms. The van der Waals surface area contributed by atoms with Crippen LogP contribution < -0.4 is 0 Å². The number of para-hydroxylation sites is 1. The Morgan fingerprint density at radius 1 is 0.966 bits per heavy atom. The van der Waals surface area contributed by atoms with E-state index in [2.05, 4.69) is 43.7 Å². The Bertz CT molecular complexity index is 797. The lowest BCUT2D eigenvalue weighted by Crippen LogP contribution is -2.47. The Morgan fingerprint density at radius 3 is 2.41 bits per heavy atom. The number of rotatable bonds is 6. The number of amides is 1. The summed E-state index contributed by atoms with van der Waals surface area (Å²) >= 11 is 1.49. The van der Waals surface area contributed by atoms with Crippen molar-refractivity contribution >= 4 is 17.7 Å². The van der Waals surface area contributed by atoms with E-state index in [0.29, 0.717) is 5.75 Å². The molecule has 2 aromatic rings. The lowest BCUT2D eigenvalue weighted by Gasteiger charge is -2.32. The number of piperazine rings is 1. The molecule has 2 saturated heterocycles. The highest BCUT2D eigenvalue weighted by Crippen LogP contribution is 2.24. The van der Waals surface area contributed by atoms with E-state index in [1.54, 1.807) is 0 Å². The second-order valence-corrected chi connectivity index (χ2v) is 8.82. The summed E-state index contributed by atoms with van der Waals surface area (Å²) in [5.74, 6) is 1.54. The van der Waals surface area contributed by atoms with Gasteiger partial charge in [0.2, 0.25) is 5.91 Å². The normalized spacial score (nSPS) is 18.9. The van der Waals surface area contributed by atoms with Gasteiger partial charge in [0, 0.05) is 31.9 Å². The van der Waals surface area contributed by atoms with E-state index >= 15 is 0 Å². The van der Waals surface area contributed by atoms with Gasteiger partial charge >= 0.3 is 0 Å². The van der Waals surface area contributed by atoms with E-state index in [0.717, 1.165) is 62.5 Å². The van der Waals surface area contributed by atoms with Crippen molar-refractivity contribution in [2.75, 3.05) is 52.1 Å². The second kappa shape index (κ2) is 9.73. The molecule has 0 saturated carbocycles. The summed E-state index contributed by atoms with van der Waals surface area (Å²) in [5.41, 5.74) is 1.05. The Labute approximate surface area is 177 Å². The van der Waals surface area contributed by atoms with Gasteiger partial charge in [0.1, 0.15) is 0 Å². The molecule has 0 unspecified atom stereocenters. The van der Waals surface area contributed by atoms with Crippen molar-refractivity contribution in [3.63, 3.8) is 0 Å². The number of carbonyl (C=O) groups excluding carboxylic acids is 1. The minimum atomic E-state index is 0.184. The SMILES string of the molecule is CN1CCN(C(=O)CSc2nnc(CN3CCCCC3)n2-c2ccccc2)CC1. The maximum absolute atomic E-state index is 12.7. The number of benzene rings is 1. The monoisotopic (exact) mass is 414 g/mol. The fourth-order valence-electron chi connectivity index (χ4n) is 3.92. The Morgan fingerprint density at radius 2 is 1.69 bits per heavy atom. The third kappa shape index (κ3) is 5.18. The van der Waals surface area contributed by atoms with Crippen molar-refractivity contribution in [2.24, 2.45) is 0 Å². The van der Waals surface area contributed by atoms with Gasteiger partial charge in [-0.25, -0.2) is 0 Å². The maximum atomic E-state index is 12.7. The van der Waals surface area contributed by atoms with Crippen LogP contribution >= 0.6 is 11.8 Å². The summed E-state index contributed by atoms with van der Waals surface area (Å²) < 4.78 is 2.12. The number of aromatic nitrogens is 3. The van der Waals surface area contributed by atoms with Crippen LogP contribution in [0.15, 0.2) is 35.5 Å². The predicted molar refractivity (Wildman–Crippen MR) is 115 cm³/mol. The van der Waals surface area contributed by atoms with E-state index in [4.69, 9.17) is 0 Å². The van der Waals surface area contributed by atoms with Crippen LogP contribution in [0, 0.1) is 0 Å². The minimum Gasteiger partial charge on any atom is -0.339 e. The van der Waals surface area contributed by atoms with E-state index in [1.165, 1.54) is 31.0 Å². The molecule has 1 aromatic heterocycles. The first-order valence-electron chi connectivity index (χ1n) is 10.5. The Kier molecular flexibility index (Phi) is 6.84. The summed E-state index contributed by atoms with van der Waals surface area (Å²) in [6, 6.07) is 10.2. The first-order valence-corrected chi connectivity index (χ1v) is 11.5. The highest BCUT2D eigenvalue weighted by Gasteiger charge is 2.22. The fraction of sp³-hybridized carbons (Fsp3) is 0.571. The molecule has 1 amide bonds. The average molecular weight is 415 g/mol. The van der Waals surface area contributed by atoms with E-state index in [9.17, 15) is 4.79 Å². The largest absolute Gasteiger partial charge is 0.339 e. The van der Waals surface area contributed by atoms with Crippen LogP contribution in [-0.2, 0) is 11.3 Å². The molecule has 2 aliphatic rings. The van der Waals surface area contributed by atoms with Crippen molar-refractivity contribution in [3.8, 4) is 5.69 Å². The van der Waals surface area contributed by atoms with Gasteiger partial charge < -0.3 is 9.80 Å². The smallest absolute Gasteiger partial charge is 0.233 e. The zero-order valence-corrected chi connectivity index (χ0v) is 18.0. The van der Waals surface area contributed by atoms with Crippen LogP contribution in [0.4, 0.5) is 0 Å².